The van der Waals surface area contributed by atoms with Gasteiger partial charge in [0.25, 0.3) is 11.5 Å². The lowest BCUT2D eigenvalue weighted by molar-refractivity contribution is 0.102. The molecule has 0 aliphatic carbocycles. The molecule has 0 unspecified atom stereocenters. The van der Waals surface area contributed by atoms with E-state index in [-0.39, 0.29) is 11.1 Å². The molecular formula is C21H16FN3O3S. The summed E-state index contributed by atoms with van der Waals surface area (Å²) in [5.74, 6) is 0.0614. The van der Waals surface area contributed by atoms with Crippen LogP contribution in [0.2, 0.25) is 0 Å². The van der Waals surface area contributed by atoms with E-state index in [2.05, 4.69) is 10.3 Å². The number of fused-ring (bicyclic) bond motifs is 1. The molecule has 146 valence electrons. The first-order chi connectivity index (χ1) is 14.0. The highest BCUT2D eigenvalue weighted by molar-refractivity contribution is 7.98. The van der Waals surface area contributed by atoms with Crippen molar-refractivity contribution in [1.29, 1.82) is 0 Å². The third kappa shape index (κ3) is 4.22. The lowest BCUT2D eigenvalue weighted by Gasteiger charge is -2.07. The summed E-state index contributed by atoms with van der Waals surface area (Å²) in [6.07, 6.45) is 0. The van der Waals surface area contributed by atoms with Gasteiger partial charge in [-0.05, 0) is 43.3 Å². The van der Waals surface area contributed by atoms with Crippen molar-refractivity contribution in [3.05, 3.63) is 93.9 Å². The third-order valence-electron chi connectivity index (χ3n) is 4.14. The minimum atomic E-state index is -0.564. The Kier molecular flexibility index (Phi) is 5.18. The second-order valence-corrected chi connectivity index (χ2v) is 7.38. The lowest BCUT2D eigenvalue weighted by atomic mass is 10.2. The summed E-state index contributed by atoms with van der Waals surface area (Å²) in [4.78, 5) is 29.6. The van der Waals surface area contributed by atoms with Gasteiger partial charge in [-0.1, -0.05) is 12.1 Å². The van der Waals surface area contributed by atoms with Gasteiger partial charge >= 0.3 is 0 Å². The Balaban J connectivity index is 1.41. The molecule has 29 heavy (non-hydrogen) atoms. The average molecular weight is 409 g/mol. The van der Waals surface area contributed by atoms with Gasteiger partial charge in [0.15, 0.2) is 5.65 Å². The van der Waals surface area contributed by atoms with E-state index in [1.807, 2.05) is 12.1 Å². The number of amides is 1. The molecule has 2 aromatic heterocycles. The van der Waals surface area contributed by atoms with Crippen LogP contribution in [0.15, 0.2) is 74.9 Å². The molecule has 0 radical (unpaired) electrons. The van der Waals surface area contributed by atoms with Crippen LogP contribution < -0.4 is 10.9 Å². The Bertz CT molecular complexity index is 1250. The quantitative estimate of drug-likeness (QED) is 0.498. The Morgan fingerprint density at radius 3 is 2.69 bits per heavy atom. The van der Waals surface area contributed by atoms with Crippen molar-refractivity contribution in [1.82, 2.24) is 9.56 Å². The molecule has 0 bridgehead atoms. The molecule has 2 heterocycles. The second kappa shape index (κ2) is 7.92. The number of anilines is 1. The van der Waals surface area contributed by atoms with E-state index < -0.39 is 11.7 Å². The van der Waals surface area contributed by atoms with Crippen LogP contribution in [-0.2, 0) is 5.75 Å². The van der Waals surface area contributed by atoms with Crippen molar-refractivity contribution in [2.24, 2.45) is 0 Å². The Labute approximate surface area is 169 Å². The van der Waals surface area contributed by atoms with E-state index in [9.17, 15) is 14.0 Å². The van der Waals surface area contributed by atoms with E-state index in [1.54, 1.807) is 31.2 Å². The molecule has 0 aliphatic heterocycles. The highest BCUT2D eigenvalue weighted by Crippen LogP contribution is 2.24. The minimum Gasteiger partial charge on any atom is -0.375 e. The van der Waals surface area contributed by atoms with Crippen LogP contribution in [0.1, 0.15) is 21.8 Å². The van der Waals surface area contributed by atoms with Crippen molar-refractivity contribution in [3.8, 4) is 0 Å². The Morgan fingerprint density at radius 2 is 1.93 bits per heavy atom. The molecule has 0 fully saturated rings. The van der Waals surface area contributed by atoms with Gasteiger partial charge in [-0.3, -0.25) is 9.59 Å². The number of rotatable bonds is 5. The number of carbonyl (C=O) groups excluding carboxylic acids is 1. The number of thioether (sulfide) groups is 1. The monoisotopic (exact) mass is 409 g/mol. The molecule has 4 rings (SSSR count). The van der Waals surface area contributed by atoms with Crippen molar-refractivity contribution in [2.45, 2.75) is 17.6 Å². The number of aromatic nitrogens is 2. The predicted octanol–water partition coefficient (Wildman–Crippen LogP) is 4.28. The molecule has 2 aromatic carbocycles. The summed E-state index contributed by atoms with van der Waals surface area (Å²) in [5, 5.41) is 2.67. The maximum Gasteiger partial charge on any atom is 0.287 e. The molecule has 0 saturated carbocycles. The van der Waals surface area contributed by atoms with Gasteiger partial charge in [-0.25, -0.2) is 9.37 Å². The first-order valence-electron chi connectivity index (χ1n) is 8.78. The maximum atomic E-state index is 13.7. The standard InChI is InChI=1S/C21H16FN3O3S/c1-13-10-19-23-15(11-20(26)25(19)28-13)12-29-16-8-6-14(7-9-16)24-21(27)17-4-2-3-5-18(17)22/h2-11H,12H2,1H3,(H,24,27). The van der Waals surface area contributed by atoms with Gasteiger partial charge in [-0.2, -0.15) is 0 Å². The maximum absolute atomic E-state index is 13.7. The molecule has 8 heteroatoms. The molecule has 0 atom stereocenters. The van der Waals surface area contributed by atoms with E-state index >= 15 is 0 Å². The fourth-order valence-corrected chi connectivity index (χ4v) is 3.57. The SMILES string of the molecule is Cc1cc2nc(CSc3ccc(NC(=O)c4ccccc4F)cc3)cc(=O)n2o1. The van der Waals surface area contributed by atoms with E-state index in [0.29, 0.717) is 28.5 Å². The second-order valence-electron chi connectivity index (χ2n) is 6.33. The summed E-state index contributed by atoms with van der Waals surface area (Å²) in [6.45, 7) is 1.76. The van der Waals surface area contributed by atoms with Gasteiger partial charge in [0.2, 0.25) is 0 Å². The minimum absolute atomic E-state index is 0.00631. The van der Waals surface area contributed by atoms with Crippen molar-refractivity contribution in [3.63, 3.8) is 0 Å². The zero-order chi connectivity index (χ0) is 20.4. The highest BCUT2D eigenvalue weighted by atomic mass is 32.2. The predicted molar refractivity (Wildman–Crippen MR) is 109 cm³/mol. The highest BCUT2D eigenvalue weighted by Gasteiger charge is 2.11. The fraction of sp³-hybridized carbons (Fsp3) is 0.0952. The molecule has 4 aromatic rings. The van der Waals surface area contributed by atoms with E-state index in [1.165, 1.54) is 36.0 Å². The van der Waals surface area contributed by atoms with Crippen LogP contribution in [0.5, 0.6) is 0 Å². The van der Waals surface area contributed by atoms with Crippen molar-refractivity contribution in [2.75, 3.05) is 5.32 Å². The summed E-state index contributed by atoms with van der Waals surface area (Å²) in [6, 6.07) is 16.2. The molecule has 0 spiro atoms. The van der Waals surface area contributed by atoms with Gasteiger partial charge in [0, 0.05) is 28.5 Å². The van der Waals surface area contributed by atoms with Gasteiger partial charge in [0.05, 0.1) is 11.3 Å². The number of aryl methyl sites for hydroxylation is 1. The van der Waals surface area contributed by atoms with Crippen LogP contribution in [0, 0.1) is 12.7 Å². The van der Waals surface area contributed by atoms with Crippen LogP contribution in [0.3, 0.4) is 0 Å². The Morgan fingerprint density at radius 1 is 1.17 bits per heavy atom. The largest absolute Gasteiger partial charge is 0.375 e. The number of carbonyl (C=O) groups is 1. The average Bonchev–Trinajstić information content (AvgIpc) is 3.08. The van der Waals surface area contributed by atoms with E-state index in [4.69, 9.17) is 4.52 Å². The molecule has 0 saturated heterocycles. The number of nitrogens with zero attached hydrogens (tertiary/aromatic N) is 2. The number of hydrogen-bond donors (Lipinski definition) is 1. The van der Waals surface area contributed by atoms with Crippen LogP contribution in [0.4, 0.5) is 10.1 Å². The van der Waals surface area contributed by atoms with Crippen LogP contribution in [-0.4, -0.2) is 15.5 Å². The van der Waals surface area contributed by atoms with Crippen LogP contribution >= 0.6 is 11.8 Å². The fourth-order valence-electron chi connectivity index (χ4n) is 2.78. The van der Waals surface area contributed by atoms with E-state index in [0.717, 1.165) is 9.47 Å². The number of hydrogen-bond acceptors (Lipinski definition) is 5. The van der Waals surface area contributed by atoms with Gasteiger partial charge in [-0.15, -0.1) is 16.3 Å². The first-order valence-corrected chi connectivity index (χ1v) is 9.76. The number of nitrogens with one attached hydrogen (secondary N) is 1. The van der Waals surface area contributed by atoms with Crippen molar-refractivity contribution >= 4 is 29.0 Å². The van der Waals surface area contributed by atoms with Gasteiger partial charge < -0.3 is 9.84 Å². The smallest absolute Gasteiger partial charge is 0.287 e. The first kappa shape index (κ1) is 18.9. The molecule has 1 N–H and O–H groups in total. The molecule has 1 amide bonds. The molecular weight excluding hydrogens is 393 g/mol. The lowest BCUT2D eigenvalue weighted by Crippen LogP contribution is -2.13. The zero-order valence-corrected chi connectivity index (χ0v) is 16.2. The number of halogens is 1. The van der Waals surface area contributed by atoms with Crippen molar-refractivity contribution < 1.29 is 13.7 Å². The zero-order valence-electron chi connectivity index (χ0n) is 15.4. The molecule has 0 aliphatic rings. The summed E-state index contributed by atoms with van der Waals surface area (Å²) < 4.78 is 20.1. The topological polar surface area (TPSA) is 76.6 Å². The Hall–Kier alpha value is -3.39. The third-order valence-corrected chi connectivity index (χ3v) is 5.19. The summed E-state index contributed by atoms with van der Waals surface area (Å²) >= 11 is 1.51. The number of benzene rings is 2. The molecule has 6 nitrogen and oxygen atoms in total. The van der Waals surface area contributed by atoms with Crippen LogP contribution in [0.25, 0.3) is 5.65 Å². The summed E-state index contributed by atoms with van der Waals surface area (Å²) in [5.41, 5.74) is 1.43. The summed E-state index contributed by atoms with van der Waals surface area (Å²) in [7, 11) is 0. The van der Waals surface area contributed by atoms with Gasteiger partial charge in [0.1, 0.15) is 11.6 Å². The normalized spacial score (nSPS) is 11.0.